The molecule has 1 N–H and O–H groups in total. The molecule has 0 aromatic rings. The van der Waals surface area contributed by atoms with Crippen molar-refractivity contribution in [3.8, 4) is 0 Å². The van der Waals surface area contributed by atoms with Crippen LogP contribution in [0.1, 0.15) is 32.6 Å². The van der Waals surface area contributed by atoms with Gasteiger partial charge in [0.15, 0.2) is 0 Å². The lowest BCUT2D eigenvalue weighted by atomic mass is 9.95. The fourth-order valence-corrected chi connectivity index (χ4v) is 1.93. The number of carbonyl (C=O) groups excluding carboxylic acids is 1. The van der Waals surface area contributed by atoms with Crippen molar-refractivity contribution in [2.75, 3.05) is 33.9 Å². The highest BCUT2D eigenvalue weighted by Crippen LogP contribution is 2.18. The summed E-state index contributed by atoms with van der Waals surface area (Å²) in [5.41, 5.74) is 0.111. The Bertz CT molecular complexity index is 223. The van der Waals surface area contributed by atoms with Gasteiger partial charge in [-0.1, -0.05) is 0 Å². The Morgan fingerprint density at radius 1 is 1.50 bits per heavy atom. The predicted octanol–water partition coefficient (Wildman–Crippen LogP) is 1.01. The molecule has 16 heavy (non-hydrogen) atoms. The van der Waals surface area contributed by atoms with Gasteiger partial charge in [-0.3, -0.25) is 4.79 Å². The van der Waals surface area contributed by atoms with Gasteiger partial charge in [0.1, 0.15) is 0 Å². The van der Waals surface area contributed by atoms with Gasteiger partial charge in [0.25, 0.3) is 0 Å². The third kappa shape index (κ3) is 4.49. The maximum absolute atomic E-state index is 11.3. The molecule has 0 spiro atoms. The van der Waals surface area contributed by atoms with Crippen LogP contribution >= 0.6 is 0 Å². The molecule has 1 unspecified atom stereocenters. The van der Waals surface area contributed by atoms with Crippen molar-refractivity contribution < 1.29 is 9.53 Å². The molecule has 1 aliphatic rings. The number of ether oxygens (including phenoxy) is 1. The van der Waals surface area contributed by atoms with Crippen LogP contribution < -0.4 is 5.32 Å². The SMILES string of the molecule is CN(C)C(=O)CCCNC1(C)CCCOC1. The van der Waals surface area contributed by atoms with Crippen LogP contribution in [0.15, 0.2) is 0 Å². The third-order valence-electron chi connectivity index (χ3n) is 3.06. The molecule has 1 rings (SSSR count). The van der Waals surface area contributed by atoms with Gasteiger partial charge in [0.2, 0.25) is 5.91 Å². The van der Waals surface area contributed by atoms with E-state index in [2.05, 4.69) is 12.2 Å². The second kappa shape index (κ2) is 6.21. The Kier molecular flexibility index (Phi) is 5.22. The van der Waals surface area contributed by atoms with Crippen LogP contribution in [0.5, 0.6) is 0 Å². The Morgan fingerprint density at radius 3 is 2.81 bits per heavy atom. The quantitative estimate of drug-likeness (QED) is 0.714. The molecular formula is C12H24N2O2. The molecule has 0 bridgehead atoms. The standard InChI is InChI=1S/C12H24N2O2/c1-12(7-5-9-16-10-12)13-8-4-6-11(15)14(2)3/h13H,4-10H2,1-3H3. The zero-order valence-corrected chi connectivity index (χ0v) is 10.7. The molecule has 1 saturated heterocycles. The molecule has 1 aliphatic heterocycles. The molecule has 1 heterocycles. The van der Waals surface area contributed by atoms with Crippen molar-refractivity contribution in [3.05, 3.63) is 0 Å². The van der Waals surface area contributed by atoms with Crippen LogP contribution in [0.4, 0.5) is 0 Å². The maximum Gasteiger partial charge on any atom is 0.222 e. The summed E-state index contributed by atoms with van der Waals surface area (Å²) in [5, 5.41) is 3.50. The maximum atomic E-state index is 11.3. The third-order valence-corrected chi connectivity index (χ3v) is 3.06. The topological polar surface area (TPSA) is 41.6 Å². The van der Waals surface area contributed by atoms with E-state index < -0.39 is 0 Å². The number of hydrogen-bond acceptors (Lipinski definition) is 3. The van der Waals surface area contributed by atoms with Crippen molar-refractivity contribution in [1.82, 2.24) is 10.2 Å². The summed E-state index contributed by atoms with van der Waals surface area (Å²) in [6.07, 6.45) is 3.80. The summed E-state index contributed by atoms with van der Waals surface area (Å²) in [6.45, 7) is 4.75. The lowest BCUT2D eigenvalue weighted by Gasteiger charge is -2.34. The van der Waals surface area contributed by atoms with E-state index in [1.54, 1.807) is 19.0 Å². The average molecular weight is 228 g/mol. The van der Waals surface area contributed by atoms with E-state index in [0.29, 0.717) is 6.42 Å². The highest BCUT2D eigenvalue weighted by atomic mass is 16.5. The lowest BCUT2D eigenvalue weighted by molar-refractivity contribution is -0.128. The van der Waals surface area contributed by atoms with E-state index in [0.717, 1.165) is 39.0 Å². The second-order valence-corrected chi connectivity index (χ2v) is 5.04. The number of nitrogens with zero attached hydrogens (tertiary/aromatic N) is 1. The smallest absolute Gasteiger partial charge is 0.222 e. The first-order valence-corrected chi connectivity index (χ1v) is 6.06. The summed E-state index contributed by atoms with van der Waals surface area (Å²) < 4.78 is 5.46. The average Bonchev–Trinajstić information content (AvgIpc) is 2.25. The molecule has 0 aromatic heterocycles. The van der Waals surface area contributed by atoms with Gasteiger partial charge in [0.05, 0.1) is 6.61 Å². The summed E-state index contributed by atoms with van der Waals surface area (Å²) in [5.74, 6) is 0.201. The minimum absolute atomic E-state index is 0.111. The number of hydrogen-bond donors (Lipinski definition) is 1. The van der Waals surface area contributed by atoms with Gasteiger partial charge in [0, 0.05) is 32.7 Å². The van der Waals surface area contributed by atoms with Gasteiger partial charge in [-0.15, -0.1) is 0 Å². The van der Waals surface area contributed by atoms with Crippen molar-refractivity contribution in [1.29, 1.82) is 0 Å². The van der Waals surface area contributed by atoms with Crippen molar-refractivity contribution >= 4 is 5.91 Å². The predicted molar refractivity (Wildman–Crippen MR) is 64.4 cm³/mol. The molecule has 1 amide bonds. The first-order chi connectivity index (χ1) is 7.53. The number of amides is 1. The van der Waals surface area contributed by atoms with Gasteiger partial charge < -0.3 is 15.0 Å². The van der Waals surface area contributed by atoms with E-state index in [1.807, 2.05) is 0 Å². The summed E-state index contributed by atoms with van der Waals surface area (Å²) >= 11 is 0. The second-order valence-electron chi connectivity index (χ2n) is 5.04. The van der Waals surface area contributed by atoms with Gasteiger partial charge in [-0.25, -0.2) is 0 Å². The van der Waals surface area contributed by atoms with Crippen LogP contribution in [0.2, 0.25) is 0 Å². The Labute approximate surface area is 98.3 Å². The highest BCUT2D eigenvalue weighted by Gasteiger charge is 2.26. The fourth-order valence-electron chi connectivity index (χ4n) is 1.93. The Balaban J connectivity index is 2.12. The molecule has 94 valence electrons. The summed E-state index contributed by atoms with van der Waals surface area (Å²) in [4.78, 5) is 13.0. The number of nitrogens with one attached hydrogen (secondary N) is 1. The number of carbonyl (C=O) groups is 1. The minimum Gasteiger partial charge on any atom is -0.380 e. The van der Waals surface area contributed by atoms with E-state index in [1.165, 1.54) is 0 Å². The highest BCUT2D eigenvalue weighted by molar-refractivity contribution is 5.75. The largest absolute Gasteiger partial charge is 0.380 e. The molecule has 4 nitrogen and oxygen atoms in total. The van der Waals surface area contributed by atoms with Crippen LogP contribution in [0, 0.1) is 0 Å². The van der Waals surface area contributed by atoms with Crippen molar-refractivity contribution in [2.24, 2.45) is 0 Å². The monoisotopic (exact) mass is 228 g/mol. The molecule has 0 radical (unpaired) electrons. The first-order valence-electron chi connectivity index (χ1n) is 6.06. The van der Waals surface area contributed by atoms with Gasteiger partial charge in [-0.2, -0.15) is 0 Å². The molecule has 0 saturated carbocycles. The van der Waals surface area contributed by atoms with Gasteiger partial charge in [-0.05, 0) is 32.7 Å². The van der Waals surface area contributed by atoms with E-state index >= 15 is 0 Å². The first kappa shape index (κ1) is 13.5. The normalized spacial score (nSPS) is 25.4. The fraction of sp³-hybridized carbons (Fsp3) is 0.917. The van der Waals surface area contributed by atoms with Crippen molar-refractivity contribution in [2.45, 2.75) is 38.1 Å². The molecular weight excluding hydrogens is 204 g/mol. The van der Waals surface area contributed by atoms with E-state index in [-0.39, 0.29) is 11.4 Å². The van der Waals surface area contributed by atoms with Crippen LogP contribution in [-0.4, -0.2) is 50.2 Å². The van der Waals surface area contributed by atoms with Gasteiger partial charge >= 0.3 is 0 Å². The molecule has 1 atom stereocenters. The van der Waals surface area contributed by atoms with Crippen LogP contribution in [0.25, 0.3) is 0 Å². The summed E-state index contributed by atoms with van der Waals surface area (Å²) in [6, 6.07) is 0. The Hall–Kier alpha value is -0.610. The molecule has 0 aliphatic carbocycles. The zero-order valence-electron chi connectivity index (χ0n) is 10.7. The molecule has 1 fully saturated rings. The minimum atomic E-state index is 0.111. The van der Waals surface area contributed by atoms with Crippen LogP contribution in [-0.2, 0) is 9.53 Å². The zero-order chi connectivity index (χ0) is 12.0. The Morgan fingerprint density at radius 2 is 2.25 bits per heavy atom. The number of rotatable bonds is 5. The van der Waals surface area contributed by atoms with Crippen LogP contribution in [0.3, 0.4) is 0 Å². The molecule has 4 heteroatoms. The van der Waals surface area contributed by atoms with E-state index in [4.69, 9.17) is 4.74 Å². The lowest BCUT2D eigenvalue weighted by Crippen LogP contribution is -2.49. The van der Waals surface area contributed by atoms with Crippen molar-refractivity contribution in [3.63, 3.8) is 0 Å². The van der Waals surface area contributed by atoms with E-state index in [9.17, 15) is 4.79 Å². The molecule has 0 aromatic carbocycles. The summed E-state index contributed by atoms with van der Waals surface area (Å²) in [7, 11) is 3.60.